The second kappa shape index (κ2) is 4.44. The lowest BCUT2D eigenvalue weighted by Crippen LogP contribution is -2.33. The molecule has 0 N–H and O–H groups in total. The van der Waals surface area contributed by atoms with Gasteiger partial charge >= 0.3 is 0 Å². The molecule has 0 bridgehead atoms. The summed E-state index contributed by atoms with van der Waals surface area (Å²) in [5.74, 6) is -1.98. The van der Waals surface area contributed by atoms with Crippen LogP contribution in [0, 0.1) is 26.7 Å². The second-order valence-corrected chi connectivity index (χ2v) is 4.97. The molecule has 18 heavy (non-hydrogen) atoms. The van der Waals surface area contributed by atoms with Gasteiger partial charge < -0.3 is 14.8 Å². The largest absolute Gasteiger partial charge is 0.550 e. The number of amides is 1. The van der Waals surface area contributed by atoms with Crippen LogP contribution in [0.5, 0.6) is 0 Å². The van der Waals surface area contributed by atoms with E-state index in [1.807, 2.05) is 32.9 Å². The zero-order valence-electron chi connectivity index (χ0n) is 10.8. The summed E-state index contributed by atoms with van der Waals surface area (Å²) in [7, 11) is 0. The number of carbonyl (C=O) groups is 2. The first kappa shape index (κ1) is 12.6. The highest BCUT2D eigenvalue weighted by Crippen LogP contribution is 2.31. The maximum atomic E-state index is 11.9. The Morgan fingerprint density at radius 1 is 1.28 bits per heavy atom. The minimum atomic E-state index is -1.15. The van der Waals surface area contributed by atoms with Crippen LogP contribution in [0.15, 0.2) is 12.1 Å². The van der Waals surface area contributed by atoms with Gasteiger partial charge in [0.1, 0.15) is 0 Å². The van der Waals surface area contributed by atoms with E-state index in [9.17, 15) is 14.7 Å². The van der Waals surface area contributed by atoms with Crippen molar-refractivity contribution in [2.45, 2.75) is 27.2 Å². The minimum absolute atomic E-state index is 0.0368. The number of anilines is 1. The third kappa shape index (κ3) is 2.10. The maximum Gasteiger partial charge on any atom is 0.227 e. The Labute approximate surface area is 106 Å². The summed E-state index contributed by atoms with van der Waals surface area (Å²) < 4.78 is 0. The Hall–Kier alpha value is -1.84. The van der Waals surface area contributed by atoms with Crippen molar-refractivity contribution in [3.05, 3.63) is 28.8 Å². The van der Waals surface area contributed by atoms with Crippen LogP contribution in [0.25, 0.3) is 0 Å². The molecule has 1 atom stereocenters. The molecule has 1 aliphatic heterocycles. The number of rotatable bonds is 2. The van der Waals surface area contributed by atoms with Crippen LogP contribution < -0.4 is 10.0 Å². The van der Waals surface area contributed by atoms with E-state index < -0.39 is 11.9 Å². The number of nitrogens with zero attached hydrogens (tertiary/aromatic N) is 1. The zero-order chi connectivity index (χ0) is 13.4. The van der Waals surface area contributed by atoms with Gasteiger partial charge in [-0.2, -0.15) is 0 Å². The van der Waals surface area contributed by atoms with E-state index in [0.29, 0.717) is 0 Å². The van der Waals surface area contributed by atoms with E-state index in [-0.39, 0.29) is 18.9 Å². The minimum Gasteiger partial charge on any atom is -0.550 e. The fourth-order valence-electron chi connectivity index (χ4n) is 2.68. The molecule has 1 aromatic carbocycles. The molecule has 1 saturated heterocycles. The first-order valence-corrected chi connectivity index (χ1v) is 5.99. The predicted molar refractivity (Wildman–Crippen MR) is 66.1 cm³/mol. The molecule has 0 aromatic heterocycles. The van der Waals surface area contributed by atoms with Crippen molar-refractivity contribution in [2.24, 2.45) is 5.92 Å². The Morgan fingerprint density at radius 3 is 2.28 bits per heavy atom. The topological polar surface area (TPSA) is 60.4 Å². The van der Waals surface area contributed by atoms with Gasteiger partial charge in [0, 0.05) is 30.5 Å². The highest BCUT2D eigenvalue weighted by molar-refractivity contribution is 6.00. The lowest BCUT2D eigenvalue weighted by molar-refractivity contribution is -0.310. The lowest BCUT2D eigenvalue weighted by Gasteiger charge is -2.22. The maximum absolute atomic E-state index is 11.9. The molecule has 2 rings (SSSR count). The lowest BCUT2D eigenvalue weighted by atomic mass is 10.0. The van der Waals surface area contributed by atoms with Crippen molar-refractivity contribution in [3.8, 4) is 0 Å². The number of hydrogen-bond donors (Lipinski definition) is 0. The number of aryl methyl sites for hydroxylation is 3. The van der Waals surface area contributed by atoms with Crippen molar-refractivity contribution in [1.82, 2.24) is 0 Å². The molecule has 1 aliphatic rings. The fraction of sp³-hybridized carbons (Fsp3) is 0.429. The van der Waals surface area contributed by atoms with Crippen molar-refractivity contribution in [2.75, 3.05) is 11.4 Å². The second-order valence-electron chi connectivity index (χ2n) is 4.97. The van der Waals surface area contributed by atoms with Gasteiger partial charge in [-0.1, -0.05) is 17.7 Å². The molecule has 0 aliphatic carbocycles. The van der Waals surface area contributed by atoms with Crippen LogP contribution in [-0.2, 0) is 9.59 Å². The summed E-state index contributed by atoms with van der Waals surface area (Å²) >= 11 is 0. The van der Waals surface area contributed by atoms with Gasteiger partial charge in [-0.3, -0.25) is 4.79 Å². The van der Waals surface area contributed by atoms with Gasteiger partial charge in [0.25, 0.3) is 0 Å². The van der Waals surface area contributed by atoms with Gasteiger partial charge in [0.15, 0.2) is 0 Å². The van der Waals surface area contributed by atoms with Crippen molar-refractivity contribution >= 4 is 17.6 Å². The van der Waals surface area contributed by atoms with E-state index in [1.54, 1.807) is 4.90 Å². The highest BCUT2D eigenvalue weighted by Gasteiger charge is 2.32. The molecule has 96 valence electrons. The van der Waals surface area contributed by atoms with E-state index in [2.05, 4.69) is 0 Å². The molecule has 0 saturated carbocycles. The average Bonchev–Trinajstić information content (AvgIpc) is 2.59. The standard InChI is InChI=1S/C14H17NO3/c1-8-4-9(2)13(10(3)5-8)15-7-11(14(17)18)6-12(15)16/h4-5,11H,6-7H2,1-3H3,(H,17,18)/p-1/t11-/m1/s1. The Bertz CT molecular complexity index is 499. The van der Waals surface area contributed by atoms with E-state index in [0.717, 1.165) is 22.4 Å². The Kier molecular flexibility index (Phi) is 3.11. The molecule has 1 fully saturated rings. The molecular formula is C14H16NO3-. The number of hydrogen-bond acceptors (Lipinski definition) is 3. The van der Waals surface area contributed by atoms with Crippen LogP contribution in [0.2, 0.25) is 0 Å². The van der Waals surface area contributed by atoms with Crippen LogP contribution in [-0.4, -0.2) is 18.4 Å². The van der Waals surface area contributed by atoms with Gasteiger partial charge in [-0.05, 0) is 31.9 Å². The number of aliphatic carboxylic acids is 1. The smallest absolute Gasteiger partial charge is 0.227 e. The summed E-state index contributed by atoms with van der Waals surface area (Å²) in [6.07, 6.45) is 0.0368. The molecule has 0 radical (unpaired) electrons. The monoisotopic (exact) mass is 246 g/mol. The summed E-state index contributed by atoms with van der Waals surface area (Å²) in [5.41, 5.74) is 3.98. The van der Waals surface area contributed by atoms with E-state index in [1.165, 1.54) is 0 Å². The SMILES string of the molecule is Cc1cc(C)c(N2C[C@H](C(=O)[O-])CC2=O)c(C)c1. The molecular weight excluding hydrogens is 230 g/mol. The fourth-order valence-corrected chi connectivity index (χ4v) is 2.68. The number of carboxylic acids is 1. The molecule has 1 aromatic rings. The number of carboxylic acid groups (broad SMARTS) is 1. The van der Waals surface area contributed by atoms with Gasteiger partial charge in [-0.15, -0.1) is 0 Å². The van der Waals surface area contributed by atoms with E-state index >= 15 is 0 Å². The Balaban J connectivity index is 2.39. The third-order valence-corrected chi connectivity index (χ3v) is 3.36. The third-order valence-electron chi connectivity index (χ3n) is 3.36. The van der Waals surface area contributed by atoms with E-state index in [4.69, 9.17) is 0 Å². The molecule has 0 spiro atoms. The molecule has 1 amide bonds. The van der Waals surface area contributed by atoms with Crippen LogP contribution in [0.1, 0.15) is 23.1 Å². The normalized spacial score (nSPS) is 19.4. The van der Waals surface area contributed by atoms with Gasteiger partial charge in [0.2, 0.25) is 5.91 Å². The van der Waals surface area contributed by atoms with Crippen LogP contribution >= 0.6 is 0 Å². The summed E-state index contributed by atoms with van der Waals surface area (Å²) in [6, 6.07) is 4.00. The van der Waals surface area contributed by atoms with Crippen molar-refractivity contribution in [3.63, 3.8) is 0 Å². The van der Waals surface area contributed by atoms with Crippen LogP contribution in [0.4, 0.5) is 5.69 Å². The first-order chi connectivity index (χ1) is 8.40. The first-order valence-electron chi connectivity index (χ1n) is 5.99. The zero-order valence-corrected chi connectivity index (χ0v) is 10.8. The summed E-state index contributed by atoms with van der Waals surface area (Å²) in [6.45, 7) is 6.09. The average molecular weight is 246 g/mol. The quantitative estimate of drug-likeness (QED) is 0.772. The molecule has 1 heterocycles. The predicted octanol–water partition coefficient (Wildman–Crippen LogP) is 0.715. The van der Waals surface area contributed by atoms with Gasteiger partial charge in [-0.25, -0.2) is 0 Å². The van der Waals surface area contributed by atoms with Crippen molar-refractivity contribution < 1.29 is 14.7 Å². The van der Waals surface area contributed by atoms with Crippen molar-refractivity contribution in [1.29, 1.82) is 0 Å². The highest BCUT2D eigenvalue weighted by atomic mass is 16.4. The summed E-state index contributed by atoms with van der Waals surface area (Å²) in [5, 5.41) is 10.9. The summed E-state index contributed by atoms with van der Waals surface area (Å²) in [4.78, 5) is 24.3. The number of carbonyl (C=O) groups excluding carboxylic acids is 2. The number of benzene rings is 1. The van der Waals surface area contributed by atoms with Crippen LogP contribution in [0.3, 0.4) is 0 Å². The molecule has 0 unspecified atom stereocenters. The molecule has 4 heteroatoms. The Morgan fingerprint density at radius 2 is 1.83 bits per heavy atom. The molecule has 4 nitrogen and oxygen atoms in total. The van der Waals surface area contributed by atoms with Gasteiger partial charge in [0.05, 0.1) is 0 Å².